The summed E-state index contributed by atoms with van der Waals surface area (Å²) < 4.78 is 17.4. The molecule has 1 aromatic rings. The van der Waals surface area contributed by atoms with Crippen LogP contribution in [0.5, 0.6) is 5.75 Å². The molecule has 0 saturated carbocycles. The Morgan fingerprint density at radius 1 is 1.29 bits per heavy atom. The molecular formula is C9H11FN2O5. The highest BCUT2D eigenvalue weighted by Crippen LogP contribution is 2.18. The second kappa shape index (κ2) is 7.01. The van der Waals surface area contributed by atoms with Gasteiger partial charge in [0.05, 0.1) is 12.8 Å². The van der Waals surface area contributed by atoms with E-state index in [1.807, 2.05) is 0 Å². The van der Waals surface area contributed by atoms with Crippen LogP contribution in [0.1, 0.15) is 0 Å². The molecule has 1 rings (SSSR count). The van der Waals surface area contributed by atoms with Gasteiger partial charge >= 0.3 is 11.9 Å². The minimum Gasteiger partial charge on any atom is -0.497 e. The van der Waals surface area contributed by atoms with Crippen LogP contribution in [0.25, 0.3) is 0 Å². The Morgan fingerprint density at radius 3 is 2.18 bits per heavy atom. The van der Waals surface area contributed by atoms with E-state index in [0.717, 1.165) is 0 Å². The van der Waals surface area contributed by atoms with Gasteiger partial charge in [-0.05, 0) is 6.07 Å². The number of ether oxygens (including phenoxy) is 1. The maximum atomic E-state index is 12.6. The van der Waals surface area contributed by atoms with Crippen molar-refractivity contribution < 1.29 is 28.9 Å². The van der Waals surface area contributed by atoms with Gasteiger partial charge in [0.25, 0.3) is 0 Å². The summed E-state index contributed by atoms with van der Waals surface area (Å²) >= 11 is 0. The van der Waals surface area contributed by atoms with Gasteiger partial charge in [-0.3, -0.25) is 5.84 Å². The monoisotopic (exact) mass is 246 g/mol. The Kier molecular flexibility index (Phi) is 6.04. The number of nitrogens with one attached hydrogen (secondary N) is 1. The number of methoxy groups -OCH3 is 1. The van der Waals surface area contributed by atoms with E-state index in [1.165, 1.54) is 19.2 Å². The molecule has 0 spiro atoms. The molecule has 0 radical (unpaired) electrons. The van der Waals surface area contributed by atoms with Gasteiger partial charge in [0.1, 0.15) is 11.6 Å². The molecule has 94 valence electrons. The van der Waals surface area contributed by atoms with Crippen LogP contribution in [-0.2, 0) is 9.59 Å². The van der Waals surface area contributed by atoms with Gasteiger partial charge in [-0.25, -0.2) is 14.0 Å². The van der Waals surface area contributed by atoms with Crippen molar-refractivity contribution >= 4 is 17.6 Å². The number of hydrogen-bond donors (Lipinski definition) is 4. The smallest absolute Gasteiger partial charge is 0.414 e. The number of hydrazine groups is 1. The van der Waals surface area contributed by atoms with Crippen molar-refractivity contribution in [2.24, 2.45) is 5.84 Å². The fourth-order valence-electron chi connectivity index (χ4n) is 0.764. The highest BCUT2D eigenvalue weighted by molar-refractivity contribution is 6.27. The van der Waals surface area contributed by atoms with Gasteiger partial charge in [0, 0.05) is 12.1 Å². The zero-order chi connectivity index (χ0) is 13.4. The molecule has 0 aromatic heterocycles. The van der Waals surface area contributed by atoms with Crippen LogP contribution in [0.2, 0.25) is 0 Å². The number of carboxylic acid groups (broad SMARTS) is 2. The SMILES string of the molecule is COc1cc(F)cc(NN)c1.O=C(O)C(=O)O. The fraction of sp³-hybridized carbons (Fsp3) is 0.111. The highest BCUT2D eigenvalue weighted by Gasteiger charge is 2.04. The van der Waals surface area contributed by atoms with Gasteiger partial charge < -0.3 is 20.4 Å². The maximum Gasteiger partial charge on any atom is 0.414 e. The normalized spacial score (nSPS) is 8.65. The van der Waals surface area contributed by atoms with Crippen molar-refractivity contribution in [2.45, 2.75) is 0 Å². The molecule has 0 aliphatic rings. The molecule has 0 aliphatic heterocycles. The standard InChI is InChI=1S/C7H9FN2O.C2H2O4/c1-11-7-3-5(8)2-6(4-7)10-9;3-1(4)2(5)6/h2-4,10H,9H2,1H3;(H,3,4)(H,5,6). The van der Waals surface area contributed by atoms with E-state index in [1.54, 1.807) is 6.07 Å². The van der Waals surface area contributed by atoms with Crippen molar-refractivity contribution in [3.8, 4) is 5.75 Å². The van der Waals surface area contributed by atoms with Crippen LogP contribution in [0, 0.1) is 5.82 Å². The molecule has 0 amide bonds. The molecule has 1 aromatic carbocycles. The molecule has 0 aliphatic carbocycles. The third-order valence-electron chi connectivity index (χ3n) is 1.46. The lowest BCUT2D eigenvalue weighted by Gasteiger charge is -2.03. The number of aliphatic carboxylic acids is 2. The molecule has 7 nitrogen and oxygen atoms in total. The van der Waals surface area contributed by atoms with E-state index < -0.39 is 11.9 Å². The van der Waals surface area contributed by atoms with Crippen LogP contribution in [0.4, 0.5) is 10.1 Å². The van der Waals surface area contributed by atoms with E-state index in [-0.39, 0.29) is 5.82 Å². The first-order valence-corrected chi connectivity index (χ1v) is 4.18. The van der Waals surface area contributed by atoms with Crippen molar-refractivity contribution in [3.05, 3.63) is 24.0 Å². The summed E-state index contributed by atoms with van der Waals surface area (Å²) in [6, 6.07) is 4.16. The topological polar surface area (TPSA) is 122 Å². The average Bonchev–Trinajstić information content (AvgIpc) is 2.28. The Balaban J connectivity index is 0.000000366. The largest absolute Gasteiger partial charge is 0.497 e. The molecule has 0 bridgehead atoms. The third-order valence-corrected chi connectivity index (χ3v) is 1.46. The van der Waals surface area contributed by atoms with Gasteiger partial charge in [-0.1, -0.05) is 0 Å². The molecule has 0 fully saturated rings. The Hall–Kier alpha value is -2.35. The van der Waals surface area contributed by atoms with Gasteiger partial charge in [0.2, 0.25) is 0 Å². The molecule has 17 heavy (non-hydrogen) atoms. The number of rotatable bonds is 2. The van der Waals surface area contributed by atoms with Crippen LogP contribution >= 0.6 is 0 Å². The lowest BCUT2D eigenvalue weighted by molar-refractivity contribution is -0.159. The lowest BCUT2D eigenvalue weighted by atomic mass is 10.3. The first-order valence-electron chi connectivity index (χ1n) is 4.18. The summed E-state index contributed by atoms with van der Waals surface area (Å²) in [5.41, 5.74) is 2.81. The number of benzene rings is 1. The van der Waals surface area contributed by atoms with Crippen LogP contribution in [-0.4, -0.2) is 29.3 Å². The van der Waals surface area contributed by atoms with Crippen LogP contribution in [0.15, 0.2) is 18.2 Å². The van der Waals surface area contributed by atoms with E-state index in [4.69, 9.17) is 30.4 Å². The highest BCUT2D eigenvalue weighted by atomic mass is 19.1. The number of carboxylic acids is 2. The second-order valence-corrected chi connectivity index (χ2v) is 2.63. The Bertz CT molecular complexity index is 376. The predicted octanol–water partition coefficient (Wildman–Crippen LogP) is 0.276. The fourth-order valence-corrected chi connectivity index (χ4v) is 0.764. The van der Waals surface area contributed by atoms with Crippen LogP contribution < -0.4 is 16.0 Å². The Labute approximate surface area is 95.6 Å². The van der Waals surface area contributed by atoms with E-state index in [2.05, 4.69) is 5.43 Å². The molecule has 8 heteroatoms. The van der Waals surface area contributed by atoms with E-state index in [0.29, 0.717) is 11.4 Å². The first-order chi connectivity index (χ1) is 7.90. The number of hydrogen-bond acceptors (Lipinski definition) is 5. The van der Waals surface area contributed by atoms with Crippen LogP contribution in [0.3, 0.4) is 0 Å². The first kappa shape index (κ1) is 14.7. The average molecular weight is 246 g/mol. The van der Waals surface area contributed by atoms with Crippen molar-refractivity contribution in [1.29, 1.82) is 0 Å². The predicted molar refractivity (Wildman–Crippen MR) is 56.0 cm³/mol. The summed E-state index contributed by atoms with van der Waals surface area (Å²) in [4.78, 5) is 18.2. The molecule has 0 heterocycles. The Morgan fingerprint density at radius 2 is 1.82 bits per heavy atom. The zero-order valence-electron chi connectivity index (χ0n) is 8.81. The number of nitrogen functional groups attached to an aromatic ring is 1. The van der Waals surface area contributed by atoms with E-state index in [9.17, 15) is 4.39 Å². The molecule has 5 N–H and O–H groups in total. The van der Waals surface area contributed by atoms with Crippen molar-refractivity contribution in [2.75, 3.05) is 12.5 Å². The van der Waals surface area contributed by atoms with Crippen molar-refractivity contribution in [3.63, 3.8) is 0 Å². The molecule has 0 atom stereocenters. The van der Waals surface area contributed by atoms with Gasteiger partial charge in [-0.2, -0.15) is 0 Å². The summed E-state index contributed by atoms with van der Waals surface area (Å²) in [6.45, 7) is 0. The van der Waals surface area contributed by atoms with Crippen molar-refractivity contribution in [1.82, 2.24) is 0 Å². The number of anilines is 1. The number of nitrogens with two attached hydrogens (primary N) is 1. The van der Waals surface area contributed by atoms with Gasteiger partial charge in [-0.15, -0.1) is 0 Å². The van der Waals surface area contributed by atoms with Gasteiger partial charge in [0.15, 0.2) is 0 Å². The third kappa shape index (κ3) is 5.95. The molecular weight excluding hydrogens is 235 g/mol. The summed E-state index contributed by atoms with van der Waals surface area (Å²) in [7, 11) is 1.47. The van der Waals surface area contributed by atoms with E-state index >= 15 is 0 Å². The summed E-state index contributed by atoms with van der Waals surface area (Å²) in [5.74, 6) is 1.49. The second-order valence-electron chi connectivity index (χ2n) is 2.63. The minimum atomic E-state index is -1.82. The lowest BCUT2D eigenvalue weighted by Crippen LogP contribution is -2.09. The summed E-state index contributed by atoms with van der Waals surface area (Å²) in [6.07, 6.45) is 0. The molecule has 0 unspecified atom stereocenters. The summed E-state index contributed by atoms with van der Waals surface area (Å²) in [5, 5.41) is 14.8. The number of carbonyl (C=O) groups is 2. The molecule has 0 saturated heterocycles. The zero-order valence-corrected chi connectivity index (χ0v) is 8.81. The maximum absolute atomic E-state index is 12.6. The number of halogens is 1. The quantitative estimate of drug-likeness (QED) is 0.335. The minimum absolute atomic E-state index is 0.377.